The van der Waals surface area contributed by atoms with Crippen LogP contribution in [-0.2, 0) is 0 Å². The Morgan fingerprint density at radius 3 is 2.53 bits per heavy atom. The molecule has 2 nitrogen and oxygen atoms in total. The third-order valence-electron chi connectivity index (χ3n) is 2.32. The van der Waals surface area contributed by atoms with Gasteiger partial charge in [0.05, 0.1) is 6.10 Å². The summed E-state index contributed by atoms with van der Waals surface area (Å²) in [6.45, 7) is 2.08. The van der Waals surface area contributed by atoms with Crippen molar-refractivity contribution >= 4 is 11.8 Å². The van der Waals surface area contributed by atoms with Crippen molar-refractivity contribution in [2.75, 3.05) is 11.5 Å². The predicted molar refractivity (Wildman–Crippen MR) is 67.0 cm³/mol. The number of aliphatic hydroxyl groups excluding tert-OH is 1. The highest BCUT2D eigenvalue weighted by Gasteiger charge is 2.07. The Morgan fingerprint density at radius 1 is 1.27 bits per heavy atom. The Bertz CT molecular complexity index is 266. The van der Waals surface area contributed by atoms with E-state index in [4.69, 9.17) is 5.73 Å². The van der Waals surface area contributed by atoms with Gasteiger partial charge < -0.3 is 10.8 Å². The van der Waals surface area contributed by atoms with Gasteiger partial charge >= 0.3 is 0 Å². The maximum Gasteiger partial charge on any atom is 0.0880 e. The lowest BCUT2D eigenvalue weighted by Gasteiger charge is -2.12. The molecule has 0 aliphatic carbocycles. The Labute approximate surface area is 95.9 Å². The van der Waals surface area contributed by atoms with Gasteiger partial charge in [-0.3, -0.25) is 0 Å². The Morgan fingerprint density at radius 2 is 1.93 bits per heavy atom. The maximum absolute atomic E-state index is 9.84. The van der Waals surface area contributed by atoms with Crippen molar-refractivity contribution in [3.8, 4) is 0 Å². The third kappa shape index (κ3) is 4.69. The topological polar surface area (TPSA) is 46.2 Å². The summed E-state index contributed by atoms with van der Waals surface area (Å²) < 4.78 is 0. The summed E-state index contributed by atoms with van der Waals surface area (Å²) in [5.41, 5.74) is 6.78. The molecule has 0 aliphatic rings. The van der Waals surface area contributed by atoms with Crippen LogP contribution in [0.25, 0.3) is 0 Å². The molecule has 0 saturated carbocycles. The second-order valence-corrected chi connectivity index (χ2v) is 4.71. The zero-order valence-corrected chi connectivity index (χ0v) is 9.91. The standard InChI is InChI=1S/C12H19NOS/c1-2-11(13)8-15-9-12(14)10-6-4-3-5-7-10/h3-7,11-12,14H,2,8-9,13H2,1H3. The van der Waals surface area contributed by atoms with E-state index in [-0.39, 0.29) is 12.1 Å². The largest absolute Gasteiger partial charge is 0.388 e. The first kappa shape index (κ1) is 12.6. The Hall–Kier alpha value is -0.510. The highest BCUT2D eigenvalue weighted by atomic mass is 32.2. The molecule has 3 heteroatoms. The van der Waals surface area contributed by atoms with Gasteiger partial charge in [-0.1, -0.05) is 37.3 Å². The van der Waals surface area contributed by atoms with E-state index in [9.17, 15) is 5.11 Å². The van der Waals surface area contributed by atoms with E-state index in [0.29, 0.717) is 0 Å². The molecule has 2 atom stereocenters. The third-order valence-corrected chi connectivity index (χ3v) is 3.53. The second kappa shape index (κ2) is 6.88. The zero-order chi connectivity index (χ0) is 11.1. The average Bonchev–Trinajstić information content (AvgIpc) is 2.29. The summed E-state index contributed by atoms with van der Waals surface area (Å²) in [5, 5.41) is 9.84. The molecule has 3 N–H and O–H groups in total. The number of hydrogen-bond acceptors (Lipinski definition) is 3. The molecule has 0 aliphatic heterocycles. The molecule has 0 saturated heterocycles. The first-order valence-electron chi connectivity index (χ1n) is 5.30. The molecule has 0 fully saturated rings. The average molecular weight is 225 g/mol. The van der Waals surface area contributed by atoms with Gasteiger partial charge in [0.25, 0.3) is 0 Å². The number of aliphatic hydroxyl groups is 1. The number of rotatable bonds is 6. The molecule has 15 heavy (non-hydrogen) atoms. The maximum atomic E-state index is 9.84. The number of thioether (sulfide) groups is 1. The van der Waals surface area contributed by atoms with E-state index in [2.05, 4.69) is 6.92 Å². The van der Waals surface area contributed by atoms with Crippen LogP contribution in [-0.4, -0.2) is 22.7 Å². The lowest BCUT2D eigenvalue weighted by Crippen LogP contribution is -2.21. The summed E-state index contributed by atoms with van der Waals surface area (Å²) in [6, 6.07) is 9.99. The van der Waals surface area contributed by atoms with Gasteiger partial charge in [0.2, 0.25) is 0 Å². The van der Waals surface area contributed by atoms with Crippen LogP contribution in [0.15, 0.2) is 30.3 Å². The molecule has 1 rings (SSSR count). The van der Waals surface area contributed by atoms with Gasteiger partial charge in [-0.25, -0.2) is 0 Å². The lowest BCUT2D eigenvalue weighted by molar-refractivity contribution is 0.204. The fourth-order valence-corrected chi connectivity index (χ4v) is 2.31. The highest BCUT2D eigenvalue weighted by molar-refractivity contribution is 7.99. The van der Waals surface area contributed by atoms with Crippen LogP contribution in [0.4, 0.5) is 0 Å². The molecule has 0 aromatic heterocycles. The summed E-state index contributed by atoms with van der Waals surface area (Å²) >= 11 is 1.71. The van der Waals surface area contributed by atoms with E-state index in [0.717, 1.165) is 23.5 Å². The Balaban J connectivity index is 2.28. The molecule has 84 valence electrons. The van der Waals surface area contributed by atoms with Gasteiger partial charge in [0.15, 0.2) is 0 Å². The van der Waals surface area contributed by atoms with Crippen molar-refractivity contribution in [3.05, 3.63) is 35.9 Å². The van der Waals surface area contributed by atoms with Crippen LogP contribution < -0.4 is 5.73 Å². The van der Waals surface area contributed by atoms with E-state index in [1.165, 1.54) is 0 Å². The first-order valence-corrected chi connectivity index (χ1v) is 6.45. The van der Waals surface area contributed by atoms with Crippen molar-refractivity contribution in [2.24, 2.45) is 5.73 Å². The number of hydrogen-bond donors (Lipinski definition) is 2. The van der Waals surface area contributed by atoms with E-state index in [1.54, 1.807) is 11.8 Å². The number of nitrogens with two attached hydrogens (primary N) is 1. The summed E-state index contributed by atoms with van der Waals surface area (Å²) in [4.78, 5) is 0. The fraction of sp³-hybridized carbons (Fsp3) is 0.500. The van der Waals surface area contributed by atoms with Crippen molar-refractivity contribution in [1.82, 2.24) is 0 Å². The van der Waals surface area contributed by atoms with E-state index in [1.807, 2.05) is 30.3 Å². The summed E-state index contributed by atoms with van der Waals surface area (Å²) in [6.07, 6.45) is 0.620. The van der Waals surface area contributed by atoms with Crippen molar-refractivity contribution in [1.29, 1.82) is 0 Å². The minimum Gasteiger partial charge on any atom is -0.388 e. The highest BCUT2D eigenvalue weighted by Crippen LogP contribution is 2.18. The SMILES string of the molecule is CCC(N)CSCC(O)c1ccccc1. The van der Waals surface area contributed by atoms with Crippen LogP contribution in [0.5, 0.6) is 0 Å². The van der Waals surface area contributed by atoms with Gasteiger partial charge in [-0.05, 0) is 12.0 Å². The number of benzene rings is 1. The van der Waals surface area contributed by atoms with Crippen LogP contribution in [0.1, 0.15) is 25.0 Å². The second-order valence-electron chi connectivity index (χ2n) is 3.63. The minimum absolute atomic E-state index is 0.248. The van der Waals surface area contributed by atoms with E-state index >= 15 is 0 Å². The van der Waals surface area contributed by atoms with Gasteiger partial charge in [0, 0.05) is 17.5 Å². The lowest BCUT2D eigenvalue weighted by atomic mass is 10.1. The van der Waals surface area contributed by atoms with Crippen LogP contribution in [0.3, 0.4) is 0 Å². The van der Waals surface area contributed by atoms with Crippen LogP contribution in [0.2, 0.25) is 0 Å². The van der Waals surface area contributed by atoms with Crippen molar-refractivity contribution in [2.45, 2.75) is 25.5 Å². The molecule has 0 amide bonds. The van der Waals surface area contributed by atoms with Crippen molar-refractivity contribution in [3.63, 3.8) is 0 Å². The van der Waals surface area contributed by atoms with Crippen LogP contribution in [0, 0.1) is 0 Å². The zero-order valence-electron chi connectivity index (χ0n) is 9.10. The molecule has 1 aromatic rings. The summed E-state index contributed by atoms with van der Waals surface area (Å²) in [5.74, 6) is 1.64. The first-order chi connectivity index (χ1) is 7.24. The smallest absolute Gasteiger partial charge is 0.0880 e. The Kier molecular flexibility index (Phi) is 5.76. The fourth-order valence-electron chi connectivity index (χ4n) is 1.22. The monoisotopic (exact) mass is 225 g/mol. The van der Waals surface area contributed by atoms with Gasteiger partial charge in [-0.15, -0.1) is 0 Å². The molecule has 2 unspecified atom stereocenters. The van der Waals surface area contributed by atoms with Crippen molar-refractivity contribution < 1.29 is 5.11 Å². The molecule has 0 heterocycles. The van der Waals surface area contributed by atoms with E-state index < -0.39 is 0 Å². The molecule has 1 aromatic carbocycles. The minimum atomic E-state index is -0.375. The van der Waals surface area contributed by atoms with Gasteiger partial charge in [0.1, 0.15) is 0 Å². The summed E-state index contributed by atoms with van der Waals surface area (Å²) in [7, 11) is 0. The molecule has 0 radical (unpaired) electrons. The van der Waals surface area contributed by atoms with Gasteiger partial charge in [-0.2, -0.15) is 11.8 Å². The predicted octanol–water partition coefficient (Wildman–Crippen LogP) is 2.19. The normalized spacial score (nSPS) is 14.9. The molecule has 0 spiro atoms. The molecular formula is C12H19NOS. The molecular weight excluding hydrogens is 206 g/mol. The van der Waals surface area contributed by atoms with Crippen LogP contribution >= 0.6 is 11.8 Å². The molecule has 0 bridgehead atoms. The quantitative estimate of drug-likeness (QED) is 0.780.